The minimum absolute atomic E-state index is 0.595. The molecular weight excluding hydrogens is 200 g/mol. The molecule has 2 rings (SSSR count). The standard InChI is InChI=1S/C12H20N4/c1-10(2)11-8-16(7-6-13-11)9-12-14-4-3-5-15-12/h3-5,10-11,13H,6-9H2,1-2H3. The molecule has 1 fully saturated rings. The predicted molar refractivity (Wildman–Crippen MR) is 63.9 cm³/mol. The van der Waals surface area contributed by atoms with Crippen molar-refractivity contribution in [3.63, 3.8) is 0 Å². The normalized spacial score (nSPS) is 22.6. The Hall–Kier alpha value is -1.00. The van der Waals surface area contributed by atoms with Gasteiger partial charge in [-0.3, -0.25) is 4.90 Å². The van der Waals surface area contributed by atoms with Crippen LogP contribution in [0.25, 0.3) is 0 Å². The largest absolute Gasteiger partial charge is 0.311 e. The molecule has 0 aliphatic carbocycles. The van der Waals surface area contributed by atoms with Gasteiger partial charge in [0.05, 0.1) is 6.54 Å². The zero-order valence-corrected chi connectivity index (χ0v) is 10.1. The van der Waals surface area contributed by atoms with Crippen LogP contribution in [0.3, 0.4) is 0 Å². The Morgan fingerprint density at radius 2 is 2.19 bits per heavy atom. The fourth-order valence-corrected chi connectivity index (χ4v) is 2.04. The molecule has 1 aliphatic rings. The second kappa shape index (κ2) is 5.37. The van der Waals surface area contributed by atoms with Crippen LogP contribution in [0.4, 0.5) is 0 Å². The molecule has 0 radical (unpaired) electrons. The lowest BCUT2D eigenvalue weighted by atomic mass is 10.0. The van der Waals surface area contributed by atoms with Gasteiger partial charge in [0, 0.05) is 38.1 Å². The van der Waals surface area contributed by atoms with Gasteiger partial charge in [-0.05, 0) is 12.0 Å². The molecule has 2 heterocycles. The van der Waals surface area contributed by atoms with Gasteiger partial charge in [0.15, 0.2) is 0 Å². The van der Waals surface area contributed by atoms with Crippen molar-refractivity contribution < 1.29 is 0 Å². The predicted octanol–water partition coefficient (Wildman–Crippen LogP) is 0.906. The number of rotatable bonds is 3. The molecule has 1 atom stereocenters. The van der Waals surface area contributed by atoms with Gasteiger partial charge in [0.25, 0.3) is 0 Å². The Balaban J connectivity index is 1.90. The molecule has 0 saturated carbocycles. The average Bonchev–Trinajstić information content (AvgIpc) is 2.30. The number of hydrogen-bond donors (Lipinski definition) is 1. The fourth-order valence-electron chi connectivity index (χ4n) is 2.04. The zero-order valence-electron chi connectivity index (χ0n) is 10.1. The molecule has 1 aliphatic heterocycles. The van der Waals surface area contributed by atoms with Crippen molar-refractivity contribution in [2.75, 3.05) is 19.6 Å². The number of nitrogens with one attached hydrogen (secondary N) is 1. The third kappa shape index (κ3) is 3.00. The van der Waals surface area contributed by atoms with Crippen LogP contribution in [0.15, 0.2) is 18.5 Å². The van der Waals surface area contributed by atoms with Gasteiger partial charge < -0.3 is 5.32 Å². The van der Waals surface area contributed by atoms with Crippen molar-refractivity contribution >= 4 is 0 Å². The molecule has 1 N–H and O–H groups in total. The molecule has 0 amide bonds. The summed E-state index contributed by atoms with van der Waals surface area (Å²) in [5.41, 5.74) is 0. The first kappa shape index (κ1) is 11.5. The van der Waals surface area contributed by atoms with Crippen LogP contribution in [-0.4, -0.2) is 40.5 Å². The topological polar surface area (TPSA) is 41.1 Å². The van der Waals surface area contributed by atoms with E-state index in [9.17, 15) is 0 Å². The molecule has 1 aromatic heterocycles. The summed E-state index contributed by atoms with van der Waals surface area (Å²) in [7, 11) is 0. The van der Waals surface area contributed by atoms with E-state index < -0.39 is 0 Å². The third-order valence-electron chi connectivity index (χ3n) is 3.08. The quantitative estimate of drug-likeness (QED) is 0.822. The molecule has 16 heavy (non-hydrogen) atoms. The van der Waals surface area contributed by atoms with E-state index in [1.807, 2.05) is 18.5 Å². The molecule has 1 unspecified atom stereocenters. The summed E-state index contributed by atoms with van der Waals surface area (Å²) >= 11 is 0. The van der Waals surface area contributed by atoms with Crippen molar-refractivity contribution in [1.82, 2.24) is 20.2 Å². The lowest BCUT2D eigenvalue weighted by Gasteiger charge is -2.35. The van der Waals surface area contributed by atoms with Gasteiger partial charge in [-0.25, -0.2) is 9.97 Å². The molecule has 88 valence electrons. The summed E-state index contributed by atoms with van der Waals surface area (Å²) in [6.45, 7) is 8.64. The molecule has 4 nitrogen and oxygen atoms in total. The first-order valence-corrected chi connectivity index (χ1v) is 5.97. The van der Waals surface area contributed by atoms with Gasteiger partial charge in [0.1, 0.15) is 5.82 Å². The number of nitrogens with zero attached hydrogens (tertiary/aromatic N) is 3. The van der Waals surface area contributed by atoms with Gasteiger partial charge >= 0.3 is 0 Å². The van der Waals surface area contributed by atoms with Crippen LogP contribution in [0.5, 0.6) is 0 Å². The van der Waals surface area contributed by atoms with Crippen LogP contribution < -0.4 is 5.32 Å². The lowest BCUT2D eigenvalue weighted by Crippen LogP contribution is -2.52. The summed E-state index contributed by atoms with van der Waals surface area (Å²) in [6, 6.07) is 2.45. The monoisotopic (exact) mass is 220 g/mol. The van der Waals surface area contributed by atoms with Crippen LogP contribution >= 0.6 is 0 Å². The molecule has 4 heteroatoms. The van der Waals surface area contributed by atoms with Crippen molar-refractivity contribution in [2.24, 2.45) is 5.92 Å². The lowest BCUT2D eigenvalue weighted by molar-refractivity contribution is 0.165. The van der Waals surface area contributed by atoms with Crippen LogP contribution in [0.1, 0.15) is 19.7 Å². The summed E-state index contributed by atoms with van der Waals surface area (Å²) in [5.74, 6) is 1.60. The molecule has 0 spiro atoms. The number of aromatic nitrogens is 2. The highest BCUT2D eigenvalue weighted by molar-refractivity contribution is 4.90. The molecule has 0 bridgehead atoms. The number of piperazine rings is 1. The molecular formula is C12H20N4. The minimum Gasteiger partial charge on any atom is -0.311 e. The van der Waals surface area contributed by atoms with Crippen molar-refractivity contribution in [2.45, 2.75) is 26.4 Å². The second-order valence-corrected chi connectivity index (χ2v) is 4.70. The molecule has 0 aromatic carbocycles. The highest BCUT2D eigenvalue weighted by Crippen LogP contribution is 2.09. The van der Waals surface area contributed by atoms with Gasteiger partial charge in [-0.2, -0.15) is 0 Å². The van der Waals surface area contributed by atoms with Crippen LogP contribution in [0.2, 0.25) is 0 Å². The Bertz CT molecular complexity index is 312. The van der Waals surface area contributed by atoms with Gasteiger partial charge in [-0.15, -0.1) is 0 Å². The van der Waals surface area contributed by atoms with E-state index in [1.165, 1.54) is 0 Å². The maximum Gasteiger partial charge on any atom is 0.142 e. The van der Waals surface area contributed by atoms with Crippen molar-refractivity contribution in [1.29, 1.82) is 0 Å². The van der Waals surface area contributed by atoms with E-state index in [0.29, 0.717) is 12.0 Å². The summed E-state index contributed by atoms with van der Waals surface area (Å²) in [4.78, 5) is 11.0. The molecule has 1 saturated heterocycles. The van der Waals surface area contributed by atoms with Crippen LogP contribution in [0, 0.1) is 5.92 Å². The van der Waals surface area contributed by atoms with E-state index >= 15 is 0 Å². The van der Waals surface area contributed by atoms with Crippen molar-refractivity contribution in [3.8, 4) is 0 Å². The summed E-state index contributed by atoms with van der Waals surface area (Å²) in [5, 5.41) is 3.55. The Kier molecular flexibility index (Phi) is 3.85. The van der Waals surface area contributed by atoms with E-state index in [-0.39, 0.29) is 0 Å². The Morgan fingerprint density at radius 1 is 1.44 bits per heavy atom. The first-order chi connectivity index (χ1) is 7.75. The minimum atomic E-state index is 0.595. The summed E-state index contributed by atoms with van der Waals surface area (Å²) < 4.78 is 0. The smallest absolute Gasteiger partial charge is 0.142 e. The first-order valence-electron chi connectivity index (χ1n) is 5.97. The van der Waals surface area contributed by atoms with E-state index in [4.69, 9.17) is 0 Å². The maximum atomic E-state index is 4.27. The van der Waals surface area contributed by atoms with E-state index in [2.05, 4.69) is 34.0 Å². The van der Waals surface area contributed by atoms with Crippen LogP contribution in [-0.2, 0) is 6.54 Å². The van der Waals surface area contributed by atoms with E-state index in [1.54, 1.807) is 0 Å². The highest BCUT2D eigenvalue weighted by Gasteiger charge is 2.21. The second-order valence-electron chi connectivity index (χ2n) is 4.70. The Labute approximate surface area is 97.1 Å². The van der Waals surface area contributed by atoms with Crippen molar-refractivity contribution in [3.05, 3.63) is 24.3 Å². The fraction of sp³-hybridized carbons (Fsp3) is 0.667. The third-order valence-corrected chi connectivity index (χ3v) is 3.08. The molecule has 1 aromatic rings. The zero-order chi connectivity index (χ0) is 11.4. The highest BCUT2D eigenvalue weighted by atomic mass is 15.2. The van der Waals surface area contributed by atoms with E-state index in [0.717, 1.165) is 32.0 Å². The SMILES string of the molecule is CC(C)C1CN(Cc2ncccn2)CCN1. The van der Waals surface area contributed by atoms with Gasteiger partial charge in [0.2, 0.25) is 0 Å². The summed E-state index contributed by atoms with van der Waals surface area (Å²) in [6.07, 6.45) is 3.62. The Morgan fingerprint density at radius 3 is 2.88 bits per heavy atom. The van der Waals surface area contributed by atoms with Gasteiger partial charge in [-0.1, -0.05) is 13.8 Å². The maximum absolute atomic E-state index is 4.27. The average molecular weight is 220 g/mol. The number of hydrogen-bond acceptors (Lipinski definition) is 4.